The summed E-state index contributed by atoms with van der Waals surface area (Å²) in [5.41, 5.74) is 1.03. The van der Waals surface area contributed by atoms with Crippen LogP contribution in [0.25, 0.3) is 16.3 Å². The molecular formula is C13H11FO. The summed E-state index contributed by atoms with van der Waals surface area (Å²) >= 11 is 0. The molecule has 15 heavy (non-hydrogen) atoms. The molecule has 0 spiro atoms. The van der Waals surface area contributed by atoms with Crippen LogP contribution >= 0.6 is 0 Å². The van der Waals surface area contributed by atoms with Crippen LogP contribution in [0.3, 0.4) is 0 Å². The van der Waals surface area contributed by atoms with E-state index in [9.17, 15) is 4.39 Å². The molecule has 1 N–H and O–H groups in total. The Bertz CT molecular complexity index is 503. The van der Waals surface area contributed by atoms with Crippen LogP contribution < -0.4 is 0 Å². The van der Waals surface area contributed by atoms with Gasteiger partial charge in [-0.15, -0.1) is 0 Å². The largest absolute Gasteiger partial charge is 0.392 e. The summed E-state index contributed by atoms with van der Waals surface area (Å²) in [6.45, 7) is -0.283. The van der Waals surface area contributed by atoms with Gasteiger partial charge < -0.3 is 5.11 Å². The van der Waals surface area contributed by atoms with Gasteiger partial charge in [-0.3, -0.25) is 0 Å². The van der Waals surface area contributed by atoms with Crippen LogP contribution in [-0.4, -0.2) is 11.7 Å². The zero-order valence-electron chi connectivity index (χ0n) is 8.15. The summed E-state index contributed by atoms with van der Waals surface area (Å²) in [4.78, 5) is 0. The predicted molar refractivity (Wildman–Crippen MR) is 60.1 cm³/mol. The first-order valence-corrected chi connectivity index (χ1v) is 4.74. The van der Waals surface area contributed by atoms with Gasteiger partial charge in [0.25, 0.3) is 0 Å². The molecule has 0 aromatic heterocycles. The molecule has 0 aliphatic carbocycles. The molecule has 0 unspecified atom stereocenters. The zero-order chi connectivity index (χ0) is 10.7. The van der Waals surface area contributed by atoms with E-state index in [4.69, 9.17) is 5.11 Å². The van der Waals surface area contributed by atoms with E-state index < -0.39 is 0 Å². The van der Waals surface area contributed by atoms with E-state index in [0.29, 0.717) is 11.9 Å². The van der Waals surface area contributed by atoms with Gasteiger partial charge in [0.2, 0.25) is 0 Å². The van der Waals surface area contributed by atoms with Gasteiger partial charge in [0.15, 0.2) is 0 Å². The van der Waals surface area contributed by atoms with Gasteiger partial charge in [-0.1, -0.05) is 36.4 Å². The van der Waals surface area contributed by atoms with Gasteiger partial charge in [0.05, 0.1) is 12.9 Å². The Morgan fingerprint density at radius 3 is 2.53 bits per heavy atom. The Hall–Kier alpha value is -1.67. The number of aliphatic hydroxyl groups is 1. The highest BCUT2D eigenvalue weighted by Crippen LogP contribution is 2.20. The van der Waals surface area contributed by atoms with Crippen molar-refractivity contribution in [2.45, 2.75) is 0 Å². The Balaban J connectivity index is 2.56. The first-order chi connectivity index (χ1) is 7.35. The molecule has 0 bridgehead atoms. The van der Waals surface area contributed by atoms with Gasteiger partial charge in [0.1, 0.15) is 0 Å². The molecule has 0 aliphatic heterocycles. The van der Waals surface area contributed by atoms with Crippen LogP contribution in [0, 0.1) is 0 Å². The number of benzene rings is 2. The third-order valence-electron chi connectivity index (χ3n) is 2.42. The standard InChI is InChI=1S/C13H11FO/c14-8-13(9-15)12-6-5-10-3-1-2-4-11(10)7-12/h1-8,15H,9H2. The molecule has 0 heterocycles. The highest BCUT2D eigenvalue weighted by atomic mass is 19.1. The summed E-state index contributed by atoms with van der Waals surface area (Å²) in [5.74, 6) is 0. The highest BCUT2D eigenvalue weighted by molar-refractivity contribution is 5.86. The van der Waals surface area contributed by atoms with Gasteiger partial charge in [-0.2, -0.15) is 0 Å². The van der Waals surface area contributed by atoms with E-state index in [1.807, 2.05) is 42.5 Å². The van der Waals surface area contributed by atoms with Crippen LogP contribution in [0.15, 0.2) is 48.8 Å². The van der Waals surface area contributed by atoms with E-state index in [1.165, 1.54) is 0 Å². The Morgan fingerprint density at radius 2 is 1.87 bits per heavy atom. The van der Waals surface area contributed by atoms with Crippen molar-refractivity contribution >= 4 is 16.3 Å². The van der Waals surface area contributed by atoms with Crippen molar-refractivity contribution in [1.82, 2.24) is 0 Å². The summed E-state index contributed by atoms with van der Waals surface area (Å²) in [5, 5.41) is 11.1. The quantitative estimate of drug-likeness (QED) is 0.793. The van der Waals surface area contributed by atoms with E-state index in [2.05, 4.69) is 0 Å². The van der Waals surface area contributed by atoms with Crippen molar-refractivity contribution in [3.05, 3.63) is 54.4 Å². The average Bonchev–Trinajstić information content (AvgIpc) is 2.30. The lowest BCUT2D eigenvalue weighted by Gasteiger charge is -2.04. The summed E-state index contributed by atoms with van der Waals surface area (Å²) < 4.78 is 12.4. The van der Waals surface area contributed by atoms with Gasteiger partial charge in [-0.25, -0.2) is 4.39 Å². The molecule has 0 atom stereocenters. The molecule has 0 radical (unpaired) electrons. The van der Waals surface area contributed by atoms with E-state index in [-0.39, 0.29) is 6.61 Å². The minimum atomic E-state index is -0.283. The Kier molecular flexibility index (Phi) is 2.79. The molecule has 0 saturated carbocycles. The second-order valence-corrected chi connectivity index (χ2v) is 3.35. The van der Waals surface area contributed by atoms with Crippen LogP contribution in [0.5, 0.6) is 0 Å². The van der Waals surface area contributed by atoms with Gasteiger partial charge >= 0.3 is 0 Å². The maximum absolute atomic E-state index is 12.4. The first-order valence-electron chi connectivity index (χ1n) is 4.74. The Morgan fingerprint density at radius 1 is 1.13 bits per heavy atom. The molecule has 1 nitrogen and oxygen atoms in total. The maximum atomic E-state index is 12.4. The number of halogens is 1. The normalized spacial score (nSPS) is 12.0. The monoisotopic (exact) mass is 202 g/mol. The number of aliphatic hydroxyl groups excluding tert-OH is 1. The number of hydrogen-bond donors (Lipinski definition) is 1. The predicted octanol–water partition coefficient (Wildman–Crippen LogP) is 3.14. The molecule has 0 aliphatic rings. The van der Waals surface area contributed by atoms with Crippen molar-refractivity contribution in [3.8, 4) is 0 Å². The van der Waals surface area contributed by atoms with Crippen LogP contribution in [0.1, 0.15) is 5.56 Å². The lowest BCUT2D eigenvalue weighted by atomic mass is 10.0. The molecule has 2 rings (SSSR count). The number of hydrogen-bond acceptors (Lipinski definition) is 1. The lowest BCUT2D eigenvalue weighted by Crippen LogP contribution is -1.89. The SMILES string of the molecule is OCC(=CF)c1ccc2ccccc2c1. The van der Waals surface area contributed by atoms with Crippen molar-refractivity contribution in [1.29, 1.82) is 0 Å². The zero-order valence-corrected chi connectivity index (χ0v) is 8.15. The molecule has 0 fully saturated rings. The second-order valence-electron chi connectivity index (χ2n) is 3.35. The molecule has 2 heteroatoms. The van der Waals surface area contributed by atoms with Gasteiger partial charge in [0, 0.05) is 5.57 Å². The molecule has 0 amide bonds. The molecular weight excluding hydrogens is 191 g/mol. The number of rotatable bonds is 2. The third-order valence-corrected chi connectivity index (χ3v) is 2.42. The Labute approximate surface area is 87.5 Å². The summed E-state index contributed by atoms with van der Waals surface area (Å²) in [6.07, 6.45) is 0.449. The third kappa shape index (κ3) is 1.90. The summed E-state index contributed by atoms with van der Waals surface area (Å²) in [6, 6.07) is 13.5. The smallest absolute Gasteiger partial charge is 0.0928 e. The first kappa shape index (κ1) is 9.87. The fourth-order valence-corrected chi connectivity index (χ4v) is 1.58. The van der Waals surface area contributed by atoms with Crippen LogP contribution in [0.2, 0.25) is 0 Å². The fraction of sp³-hybridized carbons (Fsp3) is 0.0769. The van der Waals surface area contributed by atoms with Crippen LogP contribution in [-0.2, 0) is 0 Å². The number of fused-ring (bicyclic) bond motifs is 1. The molecule has 2 aromatic carbocycles. The van der Waals surface area contributed by atoms with Gasteiger partial charge in [-0.05, 0) is 22.4 Å². The van der Waals surface area contributed by atoms with Crippen molar-refractivity contribution in [2.75, 3.05) is 6.61 Å². The maximum Gasteiger partial charge on any atom is 0.0928 e. The minimum absolute atomic E-state index is 0.283. The van der Waals surface area contributed by atoms with E-state index in [0.717, 1.165) is 16.3 Å². The van der Waals surface area contributed by atoms with Crippen molar-refractivity contribution in [3.63, 3.8) is 0 Å². The topological polar surface area (TPSA) is 20.2 Å². The van der Waals surface area contributed by atoms with Crippen molar-refractivity contribution in [2.24, 2.45) is 0 Å². The van der Waals surface area contributed by atoms with E-state index >= 15 is 0 Å². The van der Waals surface area contributed by atoms with Crippen LogP contribution in [0.4, 0.5) is 4.39 Å². The van der Waals surface area contributed by atoms with E-state index in [1.54, 1.807) is 0 Å². The lowest BCUT2D eigenvalue weighted by molar-refractivity contribution is 0.349. The fourth-order valence-electron chi connectivity index (χ4n) is 1.58. The molecule has 0 saturated heterocycles. The second kappa shape index (κ2) is 4.24. The average molecular weight is 202 g/mol. The van der Waals surface area contributed by atoms with Crippen molar-refractivity contribution < 1.29 is 9.50 Å². The minimum Gasteiger partial charge on any atom is -0.392 e. The highest BCUT2D eigenvalue weighted by Gasteiger charge is 2.01. The summed E-state index contributed by atoms with van der Waals surface area (Å²) in [7, 11) is 0. The molecule has 2 aromatic rings. The molecule has 76 valence electrons.